The Balaban J connectivity index is 1.39. The second kappa shape index (κ2) is 6.84. The smallest absolute Gasteiger partial charge is 0.274 e. The van der Waals surface area contributed by atoms with Crippen LogP contribution in [0.25, 0.3) is 0 Å². The number of nitrogens with one attached hydrogen (secondary N) is 1. The first-order valence-electron chi connectivity index (χ1n) is 9.17. The molecule has 2 aliphatic heterocycles. The highest BCUT2D eigenvalue weighted by molar-refractivity contribution is 6.03. The number of anilines is 3. The summed E-state index contributed by atoms with van der Waals surface area (Å²) in [7, 11) is 0. The minimum atomic E-state index is -0.298. The molecule has 0 spiro atoms. The van der Waals surface area contributed by atoms with Crippen molar-refractivity contribution in [1.29, 1.82) is 0 Å². The number of aryl methyl sites for hydroxylation is 1. The van der Waals surface area contributed by atoms with Gasteiger partial charge in [-0.3, -0.25) is 4.79 Å². The first kappa shape index (κ1) is 16.6. The third-order valence-electron chi connectivity index (χ3n) is 4.86. The van der Waals surface area contributed by atoms with Crippen LogP contribution in [0.5, 0.6) is 11.5 Å². The van der Waals surface area contributed by atoms with Crippen LogP contribution in [0.1, 0.15) is 22.5 Å². The number of carbonyl (C=O) groups excluding carboxylic acids is 1. The number of amides is 1. The van der Waals surface area contributed by atoms with Crippen LogP contribution in [-0.2, 0) is 6.42 Å². The summed E-state index contributed by atoms with van der Waals surface area (Å²) < 4.78 is 10.6. The van der Waals surface area contributed by atoms with E-state index in [4.69, 9.17) is 9.47 Å². The molecule has 0 unspecified atom stereocenters. The average Bonchev–Trinajstić information content (AvgIpc) is 3.21. The maximum absolute atomic E-state index is 12.7. The Morgan fingerprint density at radius 3 is 2.93 bits per heavy atom. The fourth-order valence-corrected chi connectivity index (χ4v) is 3.52. The summed E-state index contributed by atoms with van der Waals surface area (Å²) in [6, 6.07) is 15.1. The summed E-state index contributed by atoms with van der Waals surface area (Å²) in [5.74, 6) is 1.52. The van der Waals surface area contributed by atoms with E-state index in [2.05, 4.69) is 32.3 Å². The molecule has 0 fully saturated rings. The molecule has 7 nitrogen and oxygen atoms in total. The topological polar surface area (TPSA) is 76.6 Å². The van der Waals surface area contributed by atoms with Crippen LogP contribution in [0, 0.1) is 0 Å². The van der Waals surface area contributed by atoms with Crippen LogP contribution < -0.4 is 19.7 Å². The molecule has 1 amide bonds. The van der Waals surface area contributed by atoms with Crippen LogP contribution in [0.3, 0.4) is 0 Å². The maximum Gasteiger partial charge on any atom is 0.274 e. The molecule has 3 aromatic rings. The highest BCUT2D eigenvalue weighted by Crippen LogP contribution is 2.34. The largest absolute Gasteiger partial charge is 0.454 e. The van der Waals surface area contributed by atoms with Gasteiger partial charge in [-0.05, 0) is 42.7 Å². The number of aromatic nitrogens is 2. The number of para-hydroxylation sites is 1. The number of carbonyl (C=O) groups is 1. The van der Waals surface area contributed by atoms with Gasteiger partial charge in [0.25, 0.3) is 5.91 Å². The number of nitrogens with zero attached hydrogens (tertiary/aromatic N) is 3. The predicted molar refractivity (Wildman–Crippen MR) is 104 cm³/mol. The molecule has 2 aromatic carbocycles. The van der Waals surface area contributed by atoms with Crippen molar-refractivity contribution in [3.8, 4) is 11.5 Å². The van der Waals surface area contributed by atoms with E-state index in [9.17, 15) is 4.79 Å². The molecule has 3 heterocycles. The number of hydrogen-bond acceptors (Lipinski definition) is 6. The van der Waals surface area contributed by atoms with Crippen LogP contribution >= 0.6 is 0 Å². The van der Waals surface area contributed by atoms with Crippen molar-refractivity contribution in [3.05, 3.63) is 66.0 Å². The Bertz CT molecular complexity index is 1050. The van der Waals surface area contributed by atoms with E-state index in [1.807, 2.05) is 12.1 Å². The van der Waals surface area contributed by atoms with Crippen LogP contribution in [0.4, 0.5) is 17.3 Å². The third kappa shape index (κ3) is 3.00. The van der Waals surface area contributed by atoms with Gasteiger partial charge in [0.1, 0.15) is 5.69 Å². The normalized spacial score (nSPS) is 14.5. The minimum absolute atomic E-state index is 0.194. The first-order valence-corrected chi connectivity index (χ1v) is 9.17. The Hall–Kier alpha value is -3.61. The Labute approximate surface area is 161 Å². The quantitative estimate of drug-likeness (QED) is 0.756. The molecule has 0 saturated carbocycles. The van der Waals surface area contributed by atoms with Gasteiger partial charge in [0.2, 0.25) is 12.7 Å². The SMILES string of the molecule is O=C(Nc1ccc2c(c1)OCO2)c1ccnc(N2CCCc3ccccc32)n1. The van der Waals surface area contributed by atoms with E-state index in [1.165, 1.54) is 5.56 Å². The lowest BCUT2D eigenvalue weighted by Gasteiger charge is -2.29. The lowest BCUT2D eigenvalue weighted by molar-refractivity contribution is 0.102. The molecule has 1 N–H and O–H groups in total. The summed E-state index contributed by atoms with van der Waals surface area (Å²) in [5, 5.41) is 2.85. The number of ether oxygens (including phenoxy) is 2. The second-order valence-electron chi connectivity index (χ2n) is 6.65. The van der Waals surface area contributed by atoms with Gasteiger partial charge in [0.05, 0.1) is 0 Å². The fraction of sp³-hybridized carbons (Fsp3) is 0.190. The van der Waals surface area contributed by atoms with E-state index in [-0.39, 0.29) is 12.7 Å². The number of fused-ring (bicyclic) bond motifs is 2. The number of hydrogen-bond donors (Lipinski definition) is 1. The van der Waals surface area contributed by atoms with E-state index >= 15 is 0 Å². The molecule has 0 radical (unpaired) electrons. The Morgan fingerprint density at radius 2 is 1.96 bits per heavy atom. The average molecular weight is 374 g/mol. The lowest BCUT2D eigenvalue weighted by Crippen LogP contribution is -2.27. The molecule has 140 valence electrons. The fourth-order valence-electron chi connectivity index (χ4n) is 3.52. The zero-order chi connectivity index (χ0) is 18.9. The molecular weight excluding hydrogens is 356 g/mol. The highest BCUT2D eigenvalue weighted by atomic mass is 16.7. The van der Waals surface area contributed by atoms with Crippen molar-refractivity contribution in [2.75, 3.05) is 23.6 Å². The van der Waals surface area contributed by atoms with Crippen LogP contribution in [-0.4, -0.2) is 29.2 Å². The van der Waals surface area contributed by atoms with Gasteiger partial charge in [-0.1, -0.05) is 18.2 Å². The van der Waals surface area contributed by atoms with Crippen molar-refractivity contribution < 1.29 is 14.3 Å². The Kier molecular flexibility index (Phi) is 4.05. The van der Waals surface area contributed by atoms with Gasteiger partial charge in [-0.2, -0.15) is 0 Å². The maximum atomic E-state index is 12.7. The second-order valence-corrected chi connectivity index (χ2v) is 6.65. The lowest BCUT2D eigenvalue weighted by atomic mass is 10.0. The molecule has 28 heavy (non-hydrogen) atoms. The summed E-state index contributed by atoms with van der Waals surface area (Å²) >= 11 is 0. The molecule has 0 saturated heterocycles. The molecule has 1 aromatic heterocycles. The summed E-state index contributed by atoms with van der Waals surface area (Å²) in [5.41, 5.74) is 3.30. The first-order chi connectivity index (χ1) is 13.8. The standard InChI is InChI=1S/C21H18N4O3/c26-20(23-15-7-8-18-19(12-15)28-13-27-18)16-9-10-22-21(24-16)25-11-3-5-14-4-1-2-6-17(14)25/h1-2,4,6-10,12H,3,5,11,13H2,(H,23,26). The van der Waals surface area contributed by atoms with Gasteiger partial charge in [0.15, 0.2) is 11.5 Å². The van der Waals surface area contributed by atoms with E-state index in [1.54, 1.807) is 30.5 Å². The summed E-state index contributed by atoms with van der Waals surface area (Å²) in [4.78, 5) is 23.7. The zero-order valence-corrected chi connectivity index (χ0v) is 15.1. The minimum Gasteiger partial charge on any atom is -0.454 e. The van der Waals surface area contributed by atoms with Gasteiger partial charge in [-0.15, -0.1) is 0 Å². The zero-order valence-electron chi connectivity index (χ0n) is 15.1. The molecule has 0 atom stereocenters. The molecule has 0 bridgehead atoms. The highest BCUT2D eigenvalue weighted by Gasteiger charge is 2.21. The monoisotopic (exact) mass is 374 g/mol. The molecule has 5 rings (SSSR count). The van der Waals surface area contributed by atoms with Crippen molar-refractivity contribution in [1.82, 2.24) is 9.97 Å². The molecule has 2 aliphatic rings. The van der Waals surface area contributed by atoms with Crippen LogP contribution in [0.2, 0.25) is 0 Å². The number of rotatable bonds is 3. The summed E-state index contributed by atoms with van der Waals surface area (Å²) in [6.45, 7) is 1.02. The van der Waals surface area contributed by atoms with E-state index in [0.717, 1.165) is 25.1 Å². The summed E-state index contributed by atoms with van der Waals surface area (Å²) in [6.07, 6.45) is 3.68. The van der Waals surface area contributed by atoms with Crippen LogP contribution in [0.15, 0.2) is 54.7 Å². The number of benzene rings is 2. The van der Waals surface area contributed by atoms with Crippen molar-refractivity contribution in [2.45, 2.75) is 12.8 Å². The van der Waals surface area contributed by atoms with E-state index < -0.39 is 0 Å². The Morgan fingerprint density at radius 1 is 1.07 bits per heavy atom. The molecular formula is C21H18N4O3. The van der Waals surface area contributed by atoms with Crippen molar-refractivity contribution in [3.63, 3.8) is 0 Å². The van der Waals surface area contributed by atoms with Crippen molar-refractivity contribution in [2.24, 2.45) is 0 Å². The predicted octanol–water partition coefficient (Wildman–Crippen LogP) is 3.54. The van der Waals surface area contributed by atoms with Gasteiger partial charge in [-0.25, -0.2) is 9.97 Å². The van der Waals surface area contributed by atoms with Gasteiger partial charge < -0.3 is 19.7 Å². The molecule has 0 aliphatic carbocycles. The van der Waals surface area contributed by atoms with Crippen molar-refractivity contribution >= 4 is 23.2 Å². The third-order valence-corrected chi connectivity index (χ3v) is 4.86. The van der Waals surface area contributed by atoms with Gasteiger partial charge >= 0.3 is 0 Å². The molecule has 7 heteroatoms. The van der Waals surface area contributed by atoms with Gasteiger partial charge in [0, 0.05) is 30.2 Å². The van der Waals surface area contributed by atoms with E-state index in [0.29, 0.717) is 28.8 Å².